The van der Waals surface area contributed by atoms with Crippen LogP contribution in [0.15, 0.2) is 103 Å². The third kappa shape index (κ3) is 3.51. The molecule has 1 amide bonds. The highest BCUT2D eigenvalue weighted by atomic mass is 16.2. The summed E-state index contributed by atoms with van der Waals surface area (Å²) in [6.45, 7) is 0.491. The zero-order valence-electron chi connectivity index (χ0n) is 16.3. The normalized spacial score (nSPS) is 10.9. The number of carbonyl (C=O) groups excluding carboxylic acids is 1. The Morgan fingerprint density at radius 2 is 1.20 bits per heavy atom. The van der Waals surface area contributed by atoms with Crippen LogP contribution in [-0.4, -0.2) is 15.9 Å². The standard InChI is InChI=1S/C26H19N3O/c30-26(29(21-11-5-2-6-12-21)18-19-9-3-1-4-10-19)20-15-16-24-25(17-20)28-23-14-8-7-13-22(23)27-24/h1-17H,18H2. The highest BCUT2D eigenvalue weighted by Gasteiger charge is 2.19. The van der Waals surface area contributed by atoms with Gasteiger partial charge in [-0.15, -0.1) is 0 Å². The van der Waals surface area contributed by atoms with Crippen molar-refractivity contribution in [2.24, 2.45) is 0 Å². The minimum atomic E-state index is -0.0677. The van der Waals surface area contributed by atoms with Crippen LogP contribution in [0.5, 0.6) is 0 Å². The summed E-state index contributed by atoms with van der Waals surface area (Å²) in [7, 11) is 0. The fraction of sp³-hybridized carbons (Fsp3) is 0.0385. The first-order chi connectivity index (χ1) is 14.8. The number of para-hydroxylation sites is 3. The number of aromatic nitrogens is 2. The first kappa shape index (κ1) is 18.0. The van der Waals surface area contributed by atoms with E-state index in [1.807, 2.05) is 103 Å². The minimum Gasteiger partial charge on any atom is -0.304 e. The Labute approximate surface area is 174 Å². The quantitative estimate of drug-likeness (QED) is 0.374. The molecule has 4 aromatic carbocycles. The van der Waals surface area contributed by atoms with Crippen molar-refractivity contribution in [1.82, 2.24) is 9.97 Å². The van der Waals surface area contributed by atoms with Crippen molar-refractivity contribution in [1.29, 1.82) is 0 Å². The van der Waals surface area contributed by atoms with Crippen LogP contribution in [0.1, 0.15) is 15.9 Å². The van der Waals surface area contributed by atoms with E-state index in [0.717, 1.165) is 27.8 Å². The maximum Gasteiger partial charge on any atom is 0.258 e. The number of carbonyl (C=O) groups is 1. The lowest BCUT2D eigenvalue weighted by molar-refractivity contribution is 0.0985. The molecule has 0 aliphatic carbocycles. The van der Waals surface area contributed by atoms with Crippen LogP contribution in [0, 0.1) is 0 Å². The third-order valence-corrected chi connectivity index (χ3v) is 5.08. The van der Waals surface area contributed by atoms with E-state index in [1.165, 1.54) is 0 Å². The highest BCUT2D eigenvalue weighted by Crippen LogP contribution is 2.22. The molecule has 5 aromatic rings. The van der Waals surface area contributed by atoms with E-state index in [2.05, 4.69) is 4.98 Å². The van der Waals surface area contributed by atoms with Crippen LogP contribution in [-0.2, 0) is 6.54 Å². The van der Waals surface area contributed by atoms with Crippen LogP contribution in [0.25, 0.3) is 22.1 Å². The van der Waals surface area contributed by atoms with E-state index in [0.29, 0.717) is 17.6 Å². The van der Waals surface area contributed by atoms with Crippen molar-refractivity contribution in [3.63, 3.8) is 0 Å². The van der Waals surface area contributed by atoms with Gasteiger partial charge in [0.2, 0.25) is 0 Å². The molecule has 30 heavy (non-hydrogen) atoms. The Morgan fingerprint density at radius 1 is 0.633 bits per heavy atom. The molecule has 1 heterocycles. The Bertz CT molecular complexity index is 1330. The molecule has 0 saturated heterocycles. The number of amides is 1. The summed E-state index contributed by atoms with van der Waals surface area (Å²) in [5.41, 5.74) is 5.67. The number of nitrogens with zero attached hydrogens (tertiary/aromatic N) is 3. The van der Waals surface area contributed by atoms with Crippen molar-refractivity contribution >= 4 is 33.7 Å². The van der Waals surface area contributed by atoms with E-state index in [-0.39, 0.29) is 5.91 Å². The summed E-state index contributed by atoms with van der Waals surface area (Å²) >= 11 is 0. The van der Waals surface area contributed by atoms with Gasteiger partial charge in [-0.3, -0.25) is 4.79 Å². The highest BCUT2D eigenvalue weighted by molar-refractivity contribution is 6.07. The lowest BCUT2D eigenvalue weighted by atomic mass is 10.1. The van der Waals surface area contributed by atoms with Gasteiger partial charge in [0.1, 0.15) is 0 Å². The summed E-state index contributed by atoms with van der Waals surface area (Å²) in [4.78, 5) is 24.7. The Kier molecular flexibility index (Phi) is 4.66. The van der Waals surface area contributed by atoms with Crippen molar-refractivity contribution in [3.05, 3.63) is 114 Å². The fourth-order valence-electron chi connectivity index (χ4n) is 3.56. The average molecular weight is 389 g/mol. The van der Waals surface area contributed by atoms with Crippen molar-refractivity contribution in [3.8, 4) is 0 Å². The van der Waals surface area contributed by atoms with Crippen LogP contribution in [0.4, 0.5) is 5.69 Å². The number of benzene rings is 4. The molecule has 0 atom stereocenters. The largest absolute Gasteiger partial charge is 0.304 e. The molecule has 0 N–H and O–H groups in total. The van der Waals surface area contributed by atoms with Gasteiger partial charge in [-0.1, -0.05) is 60.7 Å². The number of rotatable bonds is 4. The molecule has 5 rings (SSSR count). The number of hydrogen-bond donors (Lipinski definition) is 0. The zero-order valence-corrected chi connectivity index (χ0v) is 16.3. The summed E-state index contributed by atoms with van der Waals surface area (Å²) in [5, 5.41) is 0. The molecule has 0 bridgehead atoms. The number of fused-ring (bicyclic) bond motifs is 2. The molecule has 0 radical (unpaired) electrons. The van der Waals surface area contributed by atoms with Gasteiger partial charge >= 0.3 is 0 Å². The van der Waals surface area contributed by atoms with E-state index in [9.17, 15) is 4.79 Å². The Hall–Kier alpha value is -4.05. The van der Waals surface area contributed by atoms with Crippen LogP contribution >= 0.6 is 0 Å². The monoisotopic (exact) mass is 389 g/mol. The van der Waals surface area contributed by atoms with Crippen molar-refractivity contribution in [2.45, 2.75) is 6.54 Å². The van der Waals surface area contributed by atoms with Gasteiger partial charge in [-0.25, -0.2) is 9.97 Å². The molecule has 0 fully saturated rings. The van der Waals surface area contributed by atoms with E-state index in [1.54, 1.807) is 4.90 Å². The van der Waals surface area contributed by atoms with Crippen molar-refractivity contribution in [2.75, 3.05) is 4.90 Å². The molecule has 0 unspecified atom stereocenters. The van der Waals surface area contributed by atoms with Gasteiger partial charge in [0.15, 0.2) is 0 Å². The second-order valence-electron chi connectivity index (χ2n) is 7.13. The van der Waals surface area contributed by atoms with Gasteiger partial charge in [0.25, 0.3) is 5.91 Å². The SMILES string of the molecule is O=C(c1ccc2nc3ccccc3nc2c1)N(Cc1ccccc1)c1ccccc1. The predicted octanol–water partition coefficient (Wildman–Crippen LogP) is 5.63. The first-order valence-electron chi connectivity index (χ1n) is 9.85. The third-order valence-electron chi connectivity index (χ3n) is 5.08. The minimum absolute atomic E-state index is 0.0677. The van der Waals surface area contributed by atoms with Crippen LogP contribution < -0.4 is 4.90 Å². The summed E-state index contributed by atoms with van der Waals surface area (Å²) in [5.74, 6) is -0.0677. The number of anilines is 1. The van der Waals surface area contributed by atoms with Gasteiger partial charge in [-0.05, 0) is 48.0 Å². The molecule has 0 aliphatic rings. The topological polar surface area (TPSA) is 46.1 Å². The van der Waals surface area contributed by atoms with E-state index in [4.69, 9.17) is 4.98 Å². The molecule has 4 nitrogen and oxygen atoms in total. The maximum absolute atomic E-state index is 13.5. The van der Waals surface area contributed by atoms with Gasteiger partial charge < -0.3 is 4.90 Å². The number of hydrogen-bond acceptors (Lipinski definition) is 3. The molecule has 144 valence electrons. The summed E-state index contributed by atoms with van der Waals surface area (Å²) in [6, 6.07) is 33.0. The lowest BCUT2D eigenvalue weighted by Gasteiger charge is -2.23. The van der Waals surface area contributed by atoms with Gasteiger partial charge in [0.05, 0.1) is 28.6 Å². The predicted molar refractivity (Wildman–Crippen MR) is 120 cm³/mol. The van der Waals surface area contributed by atoms with Gasteiger partial charge in [-0.2, -0.15) is 0 Å². The molecule has 0 spiro atoms. The molecular formula is C26H19N3O. The molecule has 1 aromatic heterocycles. The van der Waals surface area contributed by atoms with E-state index >= 15 is 0 Å². The smallest absolute Gasteiger partial charge is 0.258 e. The second kappa shape index (κ2) is 7.76. The summed E-state index contributed by atoms with van der Waals surface area (Å²) < 4.78 is 0. The Balaban J connectivity index is 1.56. The zero-order chi connectivity index (χ0) is 20.3. The molecular weight excluding hydrogens is 370 g/mol. The summed E-state index contributed by atoms with van der Waals surface area (Å²) in [6.07, 6.45) is 0. The Morgan fingerprint density at radius 3 is 1.90 bits per heavy atom. The second-order valence-corrected chi connectivity index (χ2v) is 7.13. The van der Waals surface area contributed by atoms with Crippen LogP contribution in [0.3, 0.4) is 0 Å². The molecule has 0 aliphatic heterocycles. The van der Waals surface area contributed by atoms with E-state index < -0.39 is 0 Å². The average Bonchev–Trinajstić information content (AvgIpc) is 2.81. The molecule has 0 saturated carbocycles. The fourth-order valence-corrected chi connectivity index (χ4v) is 3.56. The lowest BCUT2D eigenvalue weighted by Crippen LogP contribution is -2.30. The first-order valence-corrected chi connectivity index (χ1v) is 9.85. The van der Waals surface area contributed by atoms with Gasteiger partial charge in [0, 0.05) is 11.3 Å². The maximum atomic E-state index is 13.5. The van der Waals surface area contributed by atoms with Crippen molar-refractivity contribution < 1.29 is 4.79 Å². The van der Waals surface area contributed by atoms with Crippen LogP contribution in [0.2, 0.25) is 0 Å². The molecule has 4 heteroatoms.